The minimum atomic E-state index is -1.13. The van der Waals surface area contributed by atoms with E-state index in [1.165, 1.54) is 7.11 Å². The molecular weight excluding hydrogens is 186 g/mol. The summed E-state index contributed by atoms with van der Waals surface area (Å²) in [4.78, 5) is 18.2. The van der Waals surface area contributed by atoms with E-state index in [9.17, 15) is 4.79 Å². The Kier molecular flexibility index (Phi) is 2.85. The number of carbonyl (C=O) groups is 1. The lowest BCUT2D eigenvalue weighted by molar-refractivity contribution is 0.0688. The van der Waals surface area contributed by atoms with Gasteiger partial charge in [-0.1, -0.05) is 6.92 Å². The van der Waals surface area contributed by atoms with Crippen LogP contribution in [0, 0.1) is 0 Å². The molecule has 0 aliphatic carbocycles. The summed E-state index contributed by atoms with van der Waals surface area (Å²) in [6.45, 7) is 1.80. The molecule has 0 aromatic carbocycles. The number of nitrogens with zero attached hydrogens (tertiary/aromatic N) is 2. The number of methoxy groups -OCH3 is 1. The summed E-state index contributed by atoms with van der Waals surface area (Å²) in [6.07, 6.45) is 0.477. The fraction of sp³-hybridized carbons (Fsp3) is 0.375. The Labute approximate surface area is 80.7 Å². The fourth-order valence-electron chi connectivity index (χ4n) is 1.14. The fourth-order valence-corrected chi connectivity index (χ4v) is 1.14. The molecule has 6 heteroatoms. The summed E-state index contributed by atoms with van der Waals surface area (Å²) in [5.74, 6) is -1.01. The summed E-state index contributed by atoms with van der Waals surface area (Å²) in [7, 11) is 1.41. The molecule has 1 aromatic rings. The second kappa shape index (κ2) is 3.91. The van der Waals surface area contributed by atoms with E-state index >= 15 is 0 Å². The number of anilines is 1. The highest BCUT2D eigenvalue weighted by Crippen LogP contribution is 2.20. The minimum Gasteiger partial charge on any atom is -0.481 e. The van der Waals surface area contributed by atoms with Crippen molar-refractivity contribution < 1.29 is 14.6 Å². The summed E-state index contributed by atoms with van der Waals surface area (Å²) < 4.78 is 4.91. The van der Waals surface area contributed by atoms with E-state index in [-0.39, 0.29) is 17.5 Å². The molecule has 0 bridgehead atoms. The monoisotopic (exact) mass is 197 g/mol. The van der Waals surface area contributed by atoms with Crippen LogP contribution in [0.15, 0.2) is 0 Å². The Morgan fingerprint density at radius 3 is 2.64 bits per heavy atom. The largest absolute Gasteiger partial charge is 0.481 e. The van der Waals surface area contributed by atoms with Gasteiger partial charge in [0.05, 0.1) is 7.11 Å². The molecule has 0 saturated carbocycles. The maximum absolute atomic E-state index is 10.8. The van der Waals surface area contributed by atoms with Crippen LogP contribution in [-0.2, 0) is 6.42 Å². The number of hydrogen-bond acceptors (Lipinski definition) is 5. The van der Waals surface area contributed by atoms with Crippen molar-refractivity contribution in [2.45, 2.75) is 13.3 Å². The lowest BCUT2D eigenvalue weighted by Crippen LogP contribution is -2.11. The molecule has 0 amide bonds. The van der Waals surface area contributed by atoms with Gasteiger partial charge in [-0.25, -0.2) is 9.78 Å². The number of nitrogen functional groups attached to an aromatic ring is 1. The molecule has 0 atom stereocenters. The molecule has 0 unspecified atom stereocenters. The molecule has 0 aliphatic rings. The van der Waals surface area contributed by atoms with Crippen LogP contribution in [0.1, 0.15) is 23.0 Å². The molecule has 0 saturated heterocycles. The van der Waals surface area contributed by atoms with Crippen LogP contribution in [0.5, 0.6) is 5.88 Å². The Morgan fingerprint density at radius 2 is 2.21 bits per heavy atom. The van der Waals surface area contributed by atoms with Crippen LogP contribution in [0.2, 0.25) is 0 Å². The number of ether oxygens (including phenoxy) is 1. The summed E-state index contributed by atoms with van der Waals surface area (Å²) in [5, 5.41) is 8.84. The van der Waals surface area contributed by atoms with E-state index in [1.54, 1.807) is 6.92 Å². The number of hydrogen-bond donors (Lipinski definition) is 2. The van der Waals surface area contributed by atoms with Crippen molar-refractivity contribution in [1.82, 2.24) is 9.97 Å². The molecule has 0 fully saturated rings. The Balaban J connectivity index is 3.39. The first-order valence-corrected chi connectivity index (χ1v) is 4.03. The van der Waals surface area contributed by atoms with Crippen molar-refractivity contribution in [3.05, 3.63) is 11.3 Å². The maximum Gasteiger partial charge on any atom is 0.355 e. The molecule has 76 valence electrons. The minimum absolute atomic E-state index is 0.100. The first-order valence-electron chi connectivity index (χ1n) is 4.03. The number of carboxylic acids is 1. The molecule has 6 nitrogen and oxygen atoms in total. The van der Waals surface area contributed by atoms with Gasteiger partial charge >= 0.3 is 5.97 Å². The van der Waals surface area contributed by atoms with E-state index in [2.05, 4.69) is 9.97 Å². The summed E-state index contributed by atoms with van der Waals surface area (Å²) in [5.41, 5.74) is 5.68. The topological polar surface area (TPSA) is 98.3 Å². The zero-order valence-corrected chi connectivity index (χ0v) is 7.94. The quantitative estimate of drug-likeness (QED) is 0.724. The lowest BCUT2D eigenvalue weighted by atomic mass is 10.1. The van der Waals surface area contributed by atoms with E-state index in [1.807, 2.05) is 0 Å². The van der Waals surface area contributed by atoms with Gasteiger partial charge in [0.15, 0.2) is 5.69 Å². The highest BCUT2D eigenvalue weighted by molar-refractivity contribution is 5.88. The normalized spacial score (nSPS) is 9.86. The average Bonchev–Trinajstić information content (AvgIpc) is 2.16. The van der Waals surface area contributed by atoms with E-state index < -0.39 is 5.97 Å². The second-order valence-corrected chi connectivity index (χ2v) is 2.58. The van der Waals surface area contributed by atoms with Crippen molar-refractivity contribution in [3.8, 4) is 5.88 Å². The summed E-state index contributed by atoms with van der Waals surface area (Å²) in [6, 6.07) is 0. The molecule has 14 heavy (non-hydrogen) atoms. The van der Waals surface area contributed by atoms with Crippen LogP contribution >= 0.6 is 0 Å². The van der Waals surface area contributed by atoms with Crippen molar-refractivity contribution in [2.24, 2.45) is 0 Å². The third-order valence-electron chi connectivity index (χ3n) is 1.74. The highest BCUT2D eigenvalue weighted by atomic mass is 16.5. The Hall–Kier alpha value is -1.85. The highest BCUT2D eigenvalue weighted by Gasteiger charge is 2.17. The van der Waals surface area contributed by atoms with Gasteiger partial charge in [0.25, 0.3) is 0 Å². The first-order chi connectivity index (χ1) is 6.60. The van der Waals surface area contributed by atoms with Gasteiger partial charge in [0.1, 0.15) is 0 Å². The molecule has 0 aliphatic heterocycles. The molecule has 1 rings (SSSR count). The van der Waals surface area contributed by atoms with Crippen LogP contribution in [0.3, 0.4) is 0 Å². The van der Waals surface area contributed by atoms with Gasteiger partial charge in [-0.2, -0.15) is 4.98 Å². The number of rotatable bonds is 3. The van der Waals surface area contributed by atoms with Crippen molar-refractivity contribution in [2.75, 3.05) is 12.8 Å². The molecule has 1 heterocycles. The van der Waals surface area contributed by atoms with Gasteiger partial charge in [0, 0.05) is 5.56 Å². The molecule has 3 N–H and O–H groups in total. The van der Waals surface area contributed by atoms with E-state index in [4.69, 9.17) is 15.6 Å². The summed E-state index contributed by atoms with van der Waals surface area (Å²) >= 11 is 0. The molecule has 0 radical (unpaired) electrons. The second-order valence-electron chi connectivity index (χ2n) is 2.58. The zero-order chi connectivity index (χ0) is 10.7. The van der Waals surface area contributed by atoms with Gasteiger partial charge in [-0.3, -0.25) is 0 Å². The molecular formula is C8H11N3O3. The van der Waals surface area contributed by atoms with Crippen LogP contribution in [0.25, 0.3) is 0 Å². The van der Waals surface area contributed by atoms with Gasteiger partial charge in [-0.15, -0.1) is 0 Å². The zero-order valence-electron chi connectivity index (χ0n) is 7.94. The average molecular weight is 197 g/mol. The van der Waals surface area contributed by atoms with Gasteiger partial charge in [-0.05, 0) is 6.42 Å². The van der Waals surface area contributed by atoms with E-state index in [0.717, 1.165) is 0 Å². The maximum atomic E-state index is 10.8. The molecule has 1 aromatic heterocycles. The van der Waals surface area contributed by atoms with Crippen LogP contribution in [0.4, 0.5) is 5.95 Å². The predicted octanol–water partition coefficient (Wildman–Crippen LogP) is 0.328. The number of carboxylic acid groups (broad SMARTS) is 1. The van der Waals surface area contributed by atoms with Crippen molar-refractivity contribution in [1.29, 1.82) is 0 Å². The number of nitrogens with two attached hydrogens (primary N) is 1. The smallest absolute Gasteiger partial charge is 0.355 e. The number of aromatic carboxylic acids is 1. The van der Waals surface area contributed by atoms with E-state index in [0.29, 0.717) is 12.0 Å². The van der Waals surface area contributed by atoms with Gasteiger partial charge in [0.2, 0.25) is 11.8 Å². The predicted molar refractivity (Wildman–Crippen MR) is 49.3 cm³/mol. The lowest BCUT2D eigenvalue weighted by Gasteiger charge is -2.08. The standard InChI is InChI=1S/C8H11N3O3/c1-3-4-5(7(12)13)10-8(9)11-6(4)14-2/h3H2,1-2H3,(H,12,13)(H2,9,10,11). The Morgan fingerprint density at radius 1 is 1.57 bits per heavy atom. The van der Waals surface area contributed by atoms with Gasteiger partial charge < -0.3 is 15.6 Å². The third-order valence-corrected chi connectivity index (χ3v) is 1.74. The SMILES string of the molecule is CCc1c(OC)nc(N)nc1C(=O)O. The number of aromatic nitrogens is 2. The van der Waals surface area contributed by atoms with Crippen LogP contribution in [-0.4, -0.2) is 28.2 Å². The molecule has 0 spiro atoms. The Bertz CT molecular complexity index is 365. The first kappa shape index (κ1) is 10.2. The van der Waals surface area contributed by atoms with Crippen molar-refractivity contribution in [3.63, 3.8) is 0 Å². The van der Waals surface area contributed by atoms with Crippen molar-refractivity contribution >= 4 is 11.9 Å². The van der Waals surface area contributed by atoms with Crippen LogP contribution < -0.4 is 10.5 Å². The third kappa shape index (κ3) is 1.73.